The summed E-state index contributed by atoms with van der Waals surface area (Å²) in [5, 5.41) is 13.3. The number of halogens is 3. The molecule has 0 radical (unpaired) electrons. The van der Waals surface area contributed by atoms with Gasteiger partial charge < -0.3 is 15.7 Å². The van der Waals surface area contributed by atoms with Gasteiger partial charge >= 0.3 is 12.1 Å². The van der Waals surface area contributed by atoms with Gasteiger partial charge in [-0.3, -0.25) is 4.79 Å². The average molecular weight is 266 g/mol. The Balaban J connectivity index is 0.000000203. The summed E-state index contributed by atoms with van der Waals surface area (Å²) in [5.41, 5.74) is 0. The van der Waals surface area contributed by atoms with E-state index < -0.39 is 12.1 Å². The second kappa shape index (κ2) is 5.38. The number of hydrogen-bond donors (Lipinski definition) is 3. The molecule has 0 spiro atoms. The first-order valence-electron chi connectivity index (χ1n) is 5.21. The number of carbonyl (C=O) groups excluding carboxylic acids is 1. The molecule has 0 aromatic carbocycles. The minimum Gasteiger partial charge on any atom is -0.475 e. The molecule has 1 saturated heterocycles. The first-order valence-corrected chi connectivity index (χ1v) is 5.21. The molecule has 102 valence electrons. The van der Waals surface area contributed by atoms with Gasteiger partial charge in [0.25, 0.3) is 0 Å². The fourth-order valence-electron chi connectivity index (χ4n) is 1.86. The van der Waals surface area contributed by atoms with E-state index in [1.165, 1.54) is 6.08 Å². The number of piperidine rings is 1. The Kier molecular flexibility index (Phi) is 4.33. The van der Waals surface area contributed by atoms with Crippen molar-refractivity contribution >= 4 is 11.9 Å². The average Bonchev–Trinajstić information content (AvgIpc) is 2.74. The second-order valence-electron chi connectivity index (χ2n) is 4.03. The predicted molar refractivity (Wildman–Crippen MR) is 55.7 cm³/mol. The highest BCUT2D eigenvalue weighted by atomic mass is 19.4. The molecule has 1 unspecified atom stereocenters. The summed E-state index contributed by atoms with van der Waals surface area (Å²) in [6.45, 7) is 5.53. The largest absolute Gasteiger partial charge is 0.490 e. The summed E-state index contributed by atoms with van der Waals surface area (Å²) in [6.07, 6.45) is -3.75. The van der Waals surface area contributed by atoms with Crippen LogP contribution < -0.4 is 10.6 Å². The van der Waals surface area contributed by atoms with Gasteiger partial charge in [-0.1, -0.05) is 6.58 Å². The Hall–Kier alpha value is -1.57. The lowest BCUT2D eigenvalue weighted by atomic mass is 10.4. The summed E-state index contributed by atoms with van der Waals surface area (Å²) in [4.78, 5) is 19.7. The second-order valence-corrected chi connectivity index (χ2v) is 4.03. The van der Waals surface area contributed by atoms with Crippen LogP contribution in [0, 0.1) is 11.8 Å². The summed E-state index contributed by atoms with van der Waals surface area (Å²) in [5.74, 6) is -1.41. The number of carbonyl (C=O) groups is 2. The summed E-state index contributed by atoms with van der Waals surface area (Å²) in [6, 6.07) is 0.432. The number of aliphatic carboxylic acids is 1. The highest BCUT2D eigenvalue weighted by Crippen LogP contribution is 2.41. The van der Waals surface area contributed by atoms with Crippen LogP contribution in [-0.2, 0) is 9.59 Å². The highest BCUT2D eigenvalue weighted by molar-refractivity contribution is 5.87. The van der Waals surface area contributed by atoms with E-state index in [-0.39, 0.29) is 5.91 Å². The molecule has 0 aromatic rings. The first-order chi connectivity index (χ1) is 8.27. The maximum absolute atomic E-state index is 10.8. The summed E-state index contributed by atoms with van der Waals surface area (Å²) >= 11 is 0. The van der Waals surface area contributed by atoms with Crippen molar-refractivity contribution in [2.75, 3.05) is 13.1 Å². The van der Waals surface area contributed by atoms with Crippen molar-refractivity contribution < 1.29 is 27.9 Å². The quantitative estimate of drug-likeness (QED) is 0.621. The number of hydrogen-bond acceptors (Lipinski definition) is 3. The number of rotatable bonds is 2. The zero-order chi connectivity index (χ0) is 13.9. The van der Waals surface area contributed by atoms with Gasteiger partial charge in [0.1, 0.15) is 0 Å². The van der Waals surface area contributed by atoms with Crippen molar-refractivity contribution in [3.63, 3.8) is 0 Å². The van der Waals surface area contributed by atoms with Gasteiger partial charge in [-0.15, -0.1) is 0 Å². The molecule has 1 heterocycles. The minimum atomic E-state index is -5.08. The van der Waals surface area contributed by atoms with Crippen LogP contribution in [0.2, 0.25) is 0 Å². The van der Waals surface area contributed by atoms with Crippen molar-refractivity contribution in [2.24, 2.45) is 11.8 Å². The molecule has 1 amide bonds. The third-order valence-electron chi connectivity index (χ3n) is 2.83. The Morgan fingerprint density at radius 2 is 1.78 bits per heavy atom. The highest BCUT2D eigenvalue weighted by Gasteiger charge is 2.53. The topological polar surface area (TPSA) is 78.4 Å². The van der Waals surface area contributed by atoms with Gasteiger partial charge in [-0.05, 0) is 17.9 Å². The smallest absolute Gasteiger partial charge is 0.475 e. The molecular formula is C10H13F3N2O3. The maximum Gasteiger partial charge on any atom is 0.490 e. The normalized spacial score (nSPS) is 28.5. The van der Waals surface area contributed by atoms with Crippen LogP contribution in [-0.4, -0.2) is 42.3 Å². The lowest BCUT2D eigenvalue weighted by molar-refractivity contribution is -0.192. The molecule has 5 nitrogen and oxygen atoms in total. The Morgan fingerprint density at radius 3 is 2.11 bits per heavy atom. The molecule has 0 bridgehead atoms. The number of amides is 1. The molecule has 2 fully saturated rings. The zero-order valence-electron chi connectivity index (χ0n) is 9.33. The number of carboxylic acids is 1. The molecule has 18 heavy (non-hydrogen) atoms. The monoisotopic (exact) mass is 266 g/mol. The number of alkyl halides is 3. The number of carboxylic acid groups (broad SMARTS) is 1. The third kappa shape index (κ3) is 3.73. The molecular weight excluding hydrogens is 253 g/mol. The Bertz CT molecular complexity index is 347. The van der Waals surface area contributed by atoms with Crippen molar-refractivity contribution in [3.05, 3.63) is 12.7 Å². The van der Waals surface area contributed by atoms with E-state index in [0.29, 0.717) is 17.9 Å². The van der Waals surface area contributed by atoms with Gasteiger partial charge in [0, 0.05) is 19.1 Å². The molecule has 1 aliphatic carbocycles. The fraction of sp³-hybridized carbons (Fsp3) is 0.600. The zero-order valence-corrected chi connectivity index (χ0v) is 9.33. The van der Waals surface area contributed by atoms with E-state index in [9.17, 15) is 18.0 Å². The predicted octanol–water partition coefficient (Wildman–Crippen LogP) is 0.140. The van der Waals surface area contributed by atoms with Crippen LogP contribution in [0.5, 0.6) is 0 Å². The SMILES string of the molecule is C=CC(=O)NC1[C@H]2CNC[C@@H]12.O=C(O)C(F)(F)F. The third-order valence-corrected chi connectivity index (χ3v) is 2.83. The molecule has 0 aromatic heterocycles. The van der Waals surface area contributed by atoms with E-state index in [2.05, 4.69) is 17.2 Å². The maximum atomic E-state index is 10.8. The van der Waals surface area contributed by atoms with E-state index >= 15 is 0 Å². The van der Waals surface area contributed by atoms with Crippen LogP contribution >= 0.6 is 0 Å². The van der Waals surface area contributed by atoms with Crippen LogP contribution in [0.25, 0.3) is 0 Å². The van der Waals surface area contributed by atoms with Crippen LogP contribution in [0.3, 0.4) is 0 Å². The molecule has 1 aliphatic heterocycles. The Labute approximate surface area is 101 Å². The van der Waals surface area contributed by atoms with Gasteiger partial charge in [0.2, 0.25) is 5.91 Å². The molecule has 2 rings (SSSR count). The standard InChI is InChI=1S/C8H12N2O.C2HF3O2/c1-2-7(11)10-8-5-3-9-4-6(5)8;3-2(4,5)1(6)7/h2,5-6,8-9H,1,3-4H2,(H,10,11);(H,6,7)/t5-,6+,8?;. The summed E-state index contributed by atoms with van der Waals surface area (Å²) in [7, 11) is 0. The van der Waals surface area contributed by atoms with Crippen molar-refractivity contribution in [1.82, 2.24) is 10.6 Å². The minimum absolute atomic E-state index is 0.0376. The lowest BCUT2D eigenvalue weighted by Gasteiger charge is -2.03. The molecule has 3 atom stereocenters. The Morgan fingerprint density at radius 1 is 1.33 bits per heavy atom. The summed E-state index contributed by atoms with van der Waals surface area (Å²) < 4.78 is 31.7. The van der Waals surface area contributed by atoms with E-state index in [4.69, 9.17) is 9.90 Å². The van der Waals surface area contributed by atoms with Crippen LogP contribution in [0.15, 0.2) is 12.7 Å². The van der Waals surface area contributed by atoms with Crippen molar-refractivity contribution in [1.29, 1.82) is 0 Å². The molecule has 3 N–H and O–H groups in total. The number of fused-ring (bicyclic) bond motifs is 1. The van der Waals surface area contributed by atoms with E-state index in [0.717, 1.165) is 13.1 Å². The van der Waals surface area contributed by atoms with Gasteiger partial charge in [-0.25, -0.2) is 4.79 Å². The molecule has 8 heteroatoms. The van der Waals surface area contributed by atoms with Crippen molar-refractivity contribution in [2.45, 2.75) is 12.2 Å². The van der Waals surface area contributed by atoms with E-state index in [1.807, 2.05) is 0 Å². The first kappa shape index (κ1) is 14.5. The van der Waals surface area contributed by atoms with Crippen LogP contribution in [0.4, 0.5) is 13.2 Å². The molecule has 2 aliphatic rings. The van der Waals surface area contributed by atoms with E-state index in [1.54, 1.807) is 0 Å². The van der Waals surface area contributed by atoms with Gasteiger partial charge in [0.05, 0.1) is 0 Å². The van der Waals surface area contributed by atoms with Gasteiger partial charge in [-0.2, -0.15) is 13.2 Å². The number of nitrogens with one attached hydrogen (secondary N) is 2. The lowest BCUT2D eigenvalue weighted by Crippen LogP contribution is -2.31. The fourth-order valence-corrected chi connectivity index (χ4v) is 1.86. The van der Waals surface area contributed by atoms with Gasteiger partial charge in [0.15, 0.2) is 0 Å². The molecule has 1 saturated carbocycles. The van der Waals surface area contributed by atoms with Crippen LogP contribution in [0.1, 0.15) is 0 Å². The van der Waals surface area contributed by atoms with Crippen molar-refractivity contribution in [3.8, 4) is 0 Å².